The number of halogens is 1. The topological polar surface area (TPSA) is 58.9 Å². The van der Waals surface area contributed by atoms with E-state index in [1.807, 2.05) is 0 Å². The van der Waals surface area contributed by atoms with Gasteiger partial charge in [0, 0.05) is 0 Å². The molecule has 0 unspecified atom stereocenters. The minimum absolute atomic E-state index is 0.201. The number of hydrogen-bond acceptors (Lipinski definition) is 4. The molecule has 0 saturated heterocycles. The van der Waals surface area contributed by atoms with Crippen LogP contribution >= 0.6 is 11.6 Å². The first-order valence-corrected chi connectivity index (χ1v) is 2.19. The molecule has 0 aromatic rings. The van der Waals surface area contributed by atoms with E-state index in [4.69, 9.17) is 11.6 Å². The van der Waals surface area contributed by atoms with Crippen molar-refractivity contribution in [2.24, 2.45) is 9.98 Å². The summed E-state index contributed by atoms with van der Waals surface area (Å²) in [6.45, 7) is 0. The molecule has 0 fully saturated rings. The average molecular weight is 145 g/mol. The highest BCUT2D eigenvalue weighted by Crippen LogP contribution is 1.99. The summed E-state index contributed by atoms with van der Waals surface area (Å²) in [5.41, 5.74) is 0. The first-order chi connectivity index (χ1) is 4.31. The molecule has 5 heteroatoms. The lowest BCUT2D eigenvalue weighted by Gasteiger charge is -1.73. The molecule has 0 aromatic heterocycles. The van der Waals surface area contributed by atoms with Gasteiger partial charge in [-0.15, -0.1) is 0 Å². The van der Waals surface area contributed by atoms with Crippen LogP contribution in [-0.4, -0.2) is 12.2 Å². The van der Waals surface area contributed by atoms with E-state index in [-0.39, 0.29) is 5.16 Å². The number of nitrogens with zero attached hydrogens (tertiary/aromatic N) is 2. The Bertz CT molecular complexity index is 211. The van der Waals surface area contributed by atoms with E-state index >= 15 is 0 Å². The molecule has 0 N–H and O–H groups in total. The fraction of sp³-hybridized carbons (Fsp3) is 0. The Morgan fingerprint density at radius 1 is 1.44 bits per heavy atom. The second-order valence-electron chi connectivity index (χ2n) is 0.875. The van der Waals surface area contributed by atoms with Crippen molar-refractivity contribution in [1.29, 1.82) is 0 Å². The van der Waals surface area contributed by atoms with Gasteiger partial charge in [0.15, 0.2) is 5.16 Å². The normalized spacial score (nSPS) is 9.22. The molecule has 0 aliphatic carbocycles. The van der Waals surface area contributed by atoms with Crippen molar-refractivity contribution in [2.75, 3.05) is 0 Å². The lowest BCUT2D eigenvalue weighted by atomic mass is 10.9. The van der Waals surface area contributed by atoms with Gasteiger partial charge in [0.1, 0.15) is 0 Å². The summed E-state index contributed by atoms with van der Waals surface area (Å²) < 4.78 is 0. The van der Waals surface area contributed by atoms with Crippen LogP contribution in [0.5, 0.6) is 0 Å². The third-order valence-electron chi connectivity index (χ3n) is 0.376. The standard InChI is InChI=1S/C4HClN2O2/c5-4(7-3-9)1-6-2-8/h1H. The van der Waals surface area contributed by atoms with Crippen molar-refractivity contribution in [1.82, 2.24) is 0 Å². The van der Waals surface area contributed by atoms with Gasteiger partial charge in [-0.3, -0.25) is 0 Å². The van der Waals surface area contributed by atoms with E-state index in [1.54, 1.807) is 0 Å². The van der Waals surface area contributed by atoms with Crippen LogP contribution in [0.15, 0.2) is 21.3 Å². The second-order valence-corrected chi connectivity index (χ2v) is 1.26. The van der Waals surface area contributed by atoms with Gasteiger partial charge in [0.05, 0.1) is 6.20 Å². The Kier molecular flexibility index (Phi) is 4.27. The molecule has 46 valence electrons. The zero-order valence-corrected chi connectivity index (χ0v) is 4.92. The van der Waals surface area contributed by atoms with Crippen LogP contribution < -0.4 is 0 Å². The molecule has 0 rings (SSSR count). The van der Waals surface area contributed by atoms with E-state index in [0.29, 0.717) is 0 Å². The molecule has 0 aromatic carbocycles. The summed E-state index contributed by atoms with van der Waals surface area (Å²) in [6, 6.07) is 0. The molecule has 0 atom stereocenters. The number of isocyanates is 2. The lowest BCUT2D eigenvalue weighted by molar-refractivity contribution is 0.563. The summed E-state index contributed by atoms with van der Waals surface area (Å²) in [6.07, 6.45) is 3.23. The molecule has 0 spiro atoms. The quantitative estimate of drug-likeness (QED) is 0.325. The molecule has 0 radical (unpaired) electrons. The summed E-state index contributed by atoms with van der Waals surface area (Å²) in [4.78, 5) is 24.6. The molecule has 4 nitrogen and oxygen atoms in total. The first-order valence-electron chi connectivity index (χ1n) is 1.81. The molecule has 0 saturated carbocycles. The third kappa shape index (κ3) is 4.65. The van der Waals surface area contributed by atoms with Gasteiger partial charge in [-0.2, -0.15) is 9.98 Å². The molecular weight excluding hydrogens is 144 g/mol. The van der Waals surface area contributed by atoms with Crippen molar-refractivity contribution in [3.63, 3.8) is 0 Å². The number of aliphatic imine (C=N–C) groups is 2. The molecule has 0 aliphatic rings. The first kappa shape index (κ1) is 7.79. The van der Waals surface area contributed by atoms with E-state index in [1.165, 1.54) is 6.08 Å². The van der Waals surface area contributed by atoms with Gasteiger partial charge in [-0.25, -0.2) is 9.59 Å². The van der Waals surface area contributed by atoms with Crippen LogP contribution in [0.4, 0.5) is 0 Å². The smallest absolute Gasteiger partial charge is 0.211 e. The molecule has 0 heterocycles. The summed E-state index contributed by atoms with van der Waals surface area (Å²) in [7, 11) is 0. The van der Waals surface area contributed by atoms with E-state index in [0.717, 1.165) is 12.3 Å². The van der Waals surface area contributed by atoms with Crippen molar-refractivity contribution >= 4 is 23.8 Å². The highest BCUT2D eigenvalue weighted by Gasteiger charge is 1.80. The maximum atomic E-state index is 9.42. The predicted octanol–water partition coefficient (Wildman–Crippen LogP) is 0.696. The predicted molar refractivity (Wildman–Crippen MR) is 30.2 cm³/mol. The van der Waals surface area contributed by atoms with Crippen molar-refractivity contribution in [3.8, 4) is 0 Å². The van der Waals surface area contributed by atoms with Crippen LogP contribution in [0, 0.1) is 0 Å². The molecule has 0 amide bonds. The van der Waals surface area contributed by atoms with Crippen LogP contribution in [-0.2, 0) is 9.59 Å². The van der Waals surface area contributed by atoms with Crippen molar-refractivity contribution in [2.45, 2.75) is 0 Å². The fourth-order valence-corrected chi connectivity index (χ4v) is 0.235. The van der Waals surface area contributed by atoms with Crippen molar-refractivity contribution in [3.05, 3.63) is 11.4 Å². The Balaban J connectivity index is 4.15. The third-order valence-corrected chi connectivity index (χ3v) is 0.558. The Labute approximate surface area is 55.6 Å². The molecular formula is C4HClN2O2. The average Bonchev–Trinajstić information content (AvgIpc) is 1.85. The zero-order chi connectivity index (χ0) is 7.11. The van der Waals surface area contributed by atoms with Gasteiger partial charge < -0.3 is 0 Å². The highest BCUT2D eigenvalue weighted by atomic mass is 35.5. The van der Waals surface area contributed by atoms with Gasteiger partial charge in [-0.1, -0.05) is 11.6 Å². The highest BCUT2D eigenvalue weighted by molar-refractivity contribution is 6.29. The molecule has 0 bridgehead atoms. The van der Waals surface area contributed by atoms with Gasteiger partial charge >= 0.3 is 0 Å². The fourth-order valence-electron chi connectivity index (χ4n) is 0.152. The van der Waals surface area contributed by atoms with E-state index in [2.05, 4.69) is 9.98 Å². The zero-order valence-electron chi connectivity index (χ0n) is 4.17. The van der Waals surface area contributed by atoms with E-state index in [9.17, 15) is 9.59 Å². The lowest BCUT2D eigenvalue weighted by Crippen LogP contribution is -1.59. The van der Waals surface area contributed by atoms with Crippen LogP contribution in [0.25, 0.3) is 0 Å². The minimum atomic E-state index is -0.201. The summed E-state index contributed by atoms with van der Waals surface area (Å²) in [5.74, 6) is 0. The van der Waals surface area contributed by atoms with Crippen LogP contribution in [0.2, 0.25) is 0 Å². The van der Waals surface area contributed by atoms with Gasteiger partial charge in [0.25, 0.3) is 0 Å². The Morgan fingerprint density at radius 2 is 2.11 bits per heavy atom. The maximum absolute atomic E-state index is 9.42. The number of rotatable bonds is 2. The SMILES string of the molecule is O=C=NC=C(Cl)N=C=O. The number of hydrogen-bond donors (Lipinski definition) is 0. The van der Waals surface area contributed by atoms with Crippen molar-refractivity contribution < 1.29 is 9.59 Å². The molecule has 0 aliphatic heterocycles. The summed E-state index contributed by atoms with van der Waals surface area (Å²) in [5, 5.41) is -0.201. The summed E-state index contributed by atoms with van der Waals surface area (Å²) >= 11 is 5.12. The maximum Gasteiger partial charge on any atom is 0.241 e. The Morgan fingerprint density at radius 3 is 2.56 bits per heavy atom. The Hall–Kier alpha value is -1.21. The van der Waals surface area contributed by atoms with Crippen LogP contribution in [0.3, 0.4) is 0 Å². The monoisotopic (exact) mass is 144 g/mol. The largest absolute Gasteiger partial charge is 0.241 e. The van der Waals surface area contributed by atoms with Gasteiger partial charge in [-0.05, 0) is 0 Å². The second kappa shape index (κ2) is 4.94. The van der Waals surface area contributed by atoms with Crippen LogP contribution in [0.1, 0.15) is 0 Å². The molecule has 9 heavy (non-hydrogen) atoms. The van der Waals surface area contributed by atoms with Gasteiger partial charge in [0.2, 0.25) is 12.2 Å². The van der Waals surface area contributed by atoms with E-state index < -0.39 is 0 Å². The number of carbonyl (C=O) groups excluding carboxylic acids is 2. The minimum Gasteiger partial charge on any atom is -0.211 e.